The van der Waals surface area contributed by atoms with Crippen molar-refractivity contribution in [3.8, 4) is 5.75 Å². The van der Waals surface area contributed by atoms with Crippen molar-refractivity contribution in [3.05, 3.63) is 132 Å². The molecule has 0 aliphatic heterocycles. The second kappa shape index (κ2) is 14.5. The molecule has 0 heterocycles. The monoisotopic (exact) mass is 603 g/mol. The van der Waals surface area contributed by atoms with Crippen LogP contribution in [0.3, 0.4) is 0 Å². The van der Waals surface area contributed by atoms with E-state index in [1.54, 1.807) is 30.3 Å². The highest BCUT2D eigenvalue weighted by molar-refractivity contribution is 7.92. The van der Waals surface area contributed by atoms with Crippen molar-refractivity contribution in [3.63, 3.8) is 0 Å². The Morgan fingerprint density at radius 3 is 2.00 bits per heavy atom. The molecule has 0 spiro atoms. The highest BCUT2D eigenvalue weighted by Gasteiger charge is 2.33. The fraction of sp³-hybridized carbons (Fsp3) is 0.212. The number of nitrogens with zero attached hydrogens (tertiary/aromatic N) is 2. The van der Waals surface area contributed by atoms with Gasteiger partial charge in [0, 0.05) is 25.6 Å². The van der Waals surface area contributed by atoms with E-state index < -0.39 is 40.2 Å². The van der Waals surface area contributed by atoms with Gasteiger partial charge in [-0.15, -0.1) is 0 Å². The van der Waals surface area contributed by atoms with Crippen molar-refractivity contribution < 1.29 is 27.1 Å². The van der Waals surface area contributed by atoms with Gasteiger partial charge in [-0.05, 0) is 41.5 Å². The van der Waals surface area contributed by atoms with Crippen molar-refractivity contribution in [2.45, 2.75) is 25.6 Å². The van der Waals surface area contributed by atoms with Gasteiger partial charge in [0.1, 0.15) is 30.8 Å². The summed E-state index contributed by atoms with van der Waals surface area (Å²) < 4.78 is 47.4. The van der Waals surface area contributed by atoms with Gasteiger partial charge in [-0.2, -0.15) is 0 Å². The van der Waals surface area contributed by atoms with E-state index in [1.807, 2.05) is 60.7 Å². The van der Waals surface area contributed by atoms with Gasteiger partial charge in [-0.1, -0.05) is 78.9 Å². The number of carbonyl (C=O) groups excluding carboxylic acids is 2. The smallest absolute Gasteiger partial charge is 0.244 e. The van der Waals surface area contributed by atoms with E-state index in [0.29, 0.717) is 12.4 Å². The number of rotatable bonds is 13. The molecule has 8 nitrogen and oxygen atoms in total. The molecule has 0 aliphatic rings. The normalized spacial score (nSPS) is 11.8. The lowest BCUT2D eigenvalue weighted by atomic mass is 10.0. The number of sulfonamides is 1. The maximum atomic E-state index is 14.8. The average Bonchev–Trinajstić information content (AvgIpc) is 3.01. The van der Waals surface area contributed by atoms with Gasteiger partial charge >= 0.3 is 0 Å². The van der Waals surface area contributed by atoms with Gasteiger partial charge in [0.15, 0.2) is 0 Å². The first-order valence-corrected chi connectivity index (χ1v) is 15.5. The topological polar surface area (TPSA) is 96.0 Å². The minimum Gasteiger partial charge on any atom is -0.489 e. The van der Waals surface area contributed by atoms with E-state index in [9.17, 15) is 22.4 Å². The van der Waals surface area contributed by atoms with E-state index in [2.05, 4.69) is 5.32 Å². The SMILES string of the molecule is CNC(=O)[C@@H](Cc1ccccc1)N(Cc1ccccc1F)C(=O)CN(c1ccc(OCc2ccccc2)cc1)S(C)(=O)=O. The van der Waals surface area contributed by atoms with E-state index in [-0.39, 0.29) is 24.2 Å². The van der Waals surface area contributed by atoms with Crippen LogP contribution in [0.1, 0.15) is 16.7 Å². The van der Waals surface area contributed by atoms with Crippen molar-refractivity contribution in [1.29, 1.82) is 0 Å². The highest BCUT2D eigenvalue weighted by atomic mass is 32.2. The van der Waals surface area contributed by atoms with Crippen LogP contribution in [0.4, 0.5) is 10.1 Å². The third kappa shape index (κ3) is 8.65. The number of halogens is 1. The molecule has 1 atom stereocenters. The van der Waals surface area contributed by atoms with Crippen LogP contribution in [0.5, 0.6) is 5.75 Å². The van der Waals surface area contributed by atoms with Crippen LogP contribution in [0.25, 0.3) is 0 Å². The molecule has 43 heavy (non-hydrogen) atoms. The van der Waals surface area contributed by atoms with E-state index >= 15 is 0 Å². The average molecular weight is 604 g/mol. The molecule has 0 aliphatic carbocycles. The van der Waals surface area contributed by atoms with Gasteiger partial charge in [-0.3, -0.25) is 13.9 Å². The first-order chi connectivity index (χ1) is 20.7. The molecule has 4 rings (SSSR count). The third-order valence-corrected chi connectivity index (χ3v) is 8.01. The standard InChI is InChI=1S/C33H34FN3O5S/c1-35-33(39)31(21-25-11-5-3-6-12-25)36(22-27-15-9-10-16-30(27)34)32(38)23-37(43(2,40)41)28-17-19-29(20-18-28)42-24-26-13-7-4-8-14-26/h3-20,31H,21-24H2,1-2H3,(H,35,39)/t31-/m1/s1. The van der Waals surface area contributed by atoms with Gasteiger partial charge in [0.05, 0.1) is 11.9 Å². The van der Waals surface area contributed by atoms with Crippen molar-refractivity contribution in [2.24, 2.45) is 0 Å². The number of hydrogen-bond donors (Lipinski definition) is 1. The summed E-state index contributed by atoms with van der Waals surface area (Å²) in [6, 6.07) is 30.0. The molecule has 0 bridgehead atoms. The third-order valence-electron chi connectivity index (χ3n) is 6.87. The summed E-state index contributed by atoms with van der Waals surface area (Å²) in [6.07, 6.45) is 1.15. The van der Waals surface area contributed by atoms with Crippen molar-refractivity contribution >= 4 is 27.5 Å². The molecule has 10 heteroatoms. The Hall–Kier alpha value is -4.70. The molecule has 0 saturated heterocycles. The minimum absolute atomic E-state index is 0.146. The Labute approximate surface area is 251 Å². The van der Waals surface area contributed by atoms with Crippen molar-refractivity contribution in [2.75, 3.05) is 24.2 Å². The molecule has 0 saturated carbocycles. The number of amides is 2. The molecule has 4 aromatic carbocycles. The molecule has 2 amide bonds. The zero-order valence-electron chi connectivity index (χ0n) is 24.0. The largest absolute Gasteiger partial charge is 0.489 e. The summed E-state index contributed by atoms with van der Waals surface area (Å²) in [7, 11) is -2.48. The van der Waals surface area contributed by atoms with E-state index in [0.717, 1.165) is 21.7 Å². The zero-order valence-corrected chi connectivity index (χ0v) is 24.8. The van der Waals surface area contributed by atoms with Gasteiger partial charge in [-0.25, -0.2) is 12.8 Å². The lowest BCUT2D eigenvalue weighted by Gasteiger charge is -2.33. The summed E-state index contributed by atoms with van der Waals surface area (Å²) in [5.74, 6) is -1.14. The Morgan fingerprint density at radius 1 is 0.837 bits per heavy atom. The Morgan fingerprint density at radius 2 is 1.42 bits per heavy atom. The van der Waals surface area contributed by atoms with Gasteiger partial charge in [0.2, 0.25) is 21.8 Å². The molecular formula is C33H34FN3O5S. The maximum absolute atomic E-state index is 14.8. The predicted molar refractivity (Wildman–Crippen MR) is 164 cm³/mol. The quantitative estimate of drug-likeness (QED) is 0.242. The fourth-order valence-corrected chi connectivity index (χ4v) is 5.44. The molecule has 224 valence electrons. The summed E-state index contributed by atoms with van der Waals surface area (Å²) in [5.41, 5.74) is 2.21. The molecular weight excluding hydrogens is 569 g/mol. The minimum atomic E-state index is -3.94. The van der Waals surface area contributed by atoms with Crippen LogP contribution in [-0.2, 0) is 39.2 Å². The van der Waals surface area contributed by atoms with Crippen LogP contribution in [0, 0.1) is 5.82 Å². The van der Waals surface area contributed by atoms with Crippen LogP contribution < -0.4 is 14.4 Å². The number of ether oxygens (including phenoxy) is 1. The first kappa shape index (κ1) is 31.2. The lowest BCUT2D eigenvalue weighted by Crippen LogP contribution is -2.53. The number of likely N-dealkylation sites (N-methyl/N-ethyl adjacent to an activating group) is 1. The van der Waals surface area contributed by atoms with Crippen LogP contribution >= 0.6 is 0 Å². The fourth-order valence-electron chi connectivity index (χ4n) is 4.59. The maximum Gasteiger partial charge on any atom is 0.244 e. The van der Waals surface area contributed by atoms with Crippen LogP contribution in [0.15, 0.2) is 109 Å². The molecule has 0 aromatic heterocycles. The summed E-state index contributed by atoms with van der Waals surface area (Å²) in [5, 5.41) is 2.59. The highest BCUT2D eigenvalue weighted by Crippen LogP contribution is 2.24. The number of nitrogens with one attached hydrogen (secondary N) is 1. The number of carbonyl (C=O) groups is 2. The van der Waals surface area contributed by atoms with Crippen molar-refractivity contribution in [1.82, 2.24) is 10.2 Å². The number of hydrogen-bond acceptors (Lipinski definition) is 5. The van der Waals surface area contributed by atoms with Gasteiger partial charge in [0.25, 0.3) is 0 Å². The molecule has 0 unspecified atom stereocenters. The predicted octanol–water partition coefficient (Wildman–Crippen LogP) is 4.56. The number of anilines is 1. The summed E-state index contributed by atoms with van der Waals surface area (Å²) >= 11 is 0. The molecule has 1 N–H and O–H groups in total. The summed E-state index contributed by atoms with van der Waals surface area (Å²) in [4.78, 5) is 28.3. The van der Waals surface area contributed by atoms with Crippen LogP contribution in [-0.4, -0.2) is 51.0 Å². The Bertz CT molecular complexity index is 1620. The molecule has 4 aromatic rings. The molecule has 0 fully saturated rings. The number of benzene rings is 4. The molecule has 0 radical (unpaired) electrons. The second-order valence-corrected chi connectivity index (χ2v) is 11.9. The lowest BCUT2D eigenvalue weighted by molar-refractivity contribution is -0.139. The zero-order chi connectivity index (χ0) is 30.8. The van der Waals surface area contributed by atoms with Crippen LogP contribution in [0.2, 0.25) is 0 Å². The Balaban J connectivity index is 1.62. The van der Waals surface area contributed by atoms with E-state index in [1.165, 1.54) is 30.1 Å². The Kier molecular flexibility index (Phi) is 10.5. The summed E-state index contributed by atoms with van der Waals surface area (Å²) in [6.45, 7) is -0.498. The van der Waals surface area contributed by atoms with E-state index in [4.69, 9.17) is 4.74 Å². The second-order valence-electron chi connectivity index (χ2n) is 9.97. The first-order valence-electron chi connectivity index (χ1n) is 13.7. The van der Waals surface area contributed by atoms with Gasteiger partial charge < -0.3 is 15.0 Å².